The molecule has 1 aromatic carbocycles. The highest BCUT2D eigenvalue weighted by atomic mass is 32.1. The summed E-state index contributed by atoms with van der Waals surface area (Å²) in [5, 5.41) is 10.1. The minimum absolute atomic E-state index is 0.700. The molecule has 0 aliphatic heterocycles. The van der Waals surface area contributed by atoms with Crippen LogP contribution in [0.2, 0.25) is 0 Å². The number of rotatable bonds is 9. The minimum Gasteiger partial charge on any atom is -0.493 e. The fourth-order valence-electron chi connectivity index (χ4n) is 2.80. The summed E-state index contributed by atoms with van der Waals surface area (Å²) < 4.78 is 6.05. The van der Waals surface area contributed by atoms with Gasteiger partial charge in [-0.05, 0) is 50.7 Å². The molecular formula is C21H30N4OS. The van der Waals surface area contributed by atoms with E-state index in [1.165, 1.54) is 29.0 Å². The normalized spacial score (nSPS) is 14.3. The zero-order valence-corrected chi connectivity index (χ0v) is 17.4. The number of thiazole rings is 1. The average Bonchev–Trinajstić information content (AvgIpc) is 3.40. The van der Waals surface area contributed by atoms with E-state index in [0.717, 1.165) is 49.3 Å². The summed E-state index contributed by atoms with van der Waals surface area (Å²) in [6, 6.07) is 6.40. The lowest BCUT2D eigenvalue weighted by molar-refractivity contribution is 0.296. The topological polar surface area (TPSA) is 58.5 Å². The fraction of sp³-hybridized carbons (Fsp3) is 0.524. The van der Waals surface area contributed by atoms with Gasteiger partial charge >= 0.3 is 0 Å². The standard InChI is InChI=1S/C21H30N4OS/c1-15-6-9-18(19(11-15)26-13-17-7-8-17)12-24-21(22-3)23-10-4-5-20-25-16(2)14-27-20/h6,9,11,14,17H,4-5,7-8,10,12-13H2,1-3H3,(H2,22,23,24). The van der Waals surface area contributed by atoms with Gasteiger partial charge in [-0.25, -0.2) is 4.98 Å². The van der Waals surface area contributed by atoms with Gasteiger partial charge in [0, 0.05) is 43.2 Å². The Hall–Kier alpha value is -2.08. The number of ether oxygens (including phenoxy) is 1. The van der Waals surface area contributed by atoms with E-state index in [-0.39, 0.29) is 0 Å². The number of nitrogens with zero attached hydrogens (tertiary/aromatic N) is 2. The summed E-state index contributed by atoms with van der Waals surface area (Å²) in [4.78, 5) is 8.83. The van der Waals surface area contributed by atoms with Crippen molar-refractivity contribution in [3.05, 3.63) is 45.4 Å². The van der Waals surface area contributed by atoms with Crippen LogP contribution in [-0.2, 0) is 13.0 Å². The number of hydrogen-bond acceptors (Lipinski definition) is 4. The van der Waals surface area contributed by atoms with E-state index in [1.807, 2.05) is 6.92 Å². The van der Waals surface area contributed by atoms with Crippen molar-refractivity contribution in [2.24, 2.45) is 10.9 Å². The molecule has 0 radical (unpaired) electrons. The molecule has 1 aliphatic carbocycles. The van der Waals surface area contributed by atoms with Crippen molar-refractivity contribution < 1.29 is 4.74 Å². The Balaban J connectivity index is 1.44. The first-order valence-electron chi connectivity index (χ1n) is 9.72. The first-order chi connectivity index (χ1) is 13.1. The van der Waals surface area contributed by atoms with E-state index < -0.39 is 0 Å². The maximum absolute atomic E-state index is 6.05. The monoisotopic (exact) mass is 386 g/mol. The van der Waals surface area contributed by atoms with Crippen molar-refractivity contribution in [1.82, 2.24) is 15.6 Å². The number of nitrogens with one attached hydrogen (secondary N) is 2. The van der Waals surface area contributed by atoms with Crippen LogP contribution in [0, 0.1) is 19.8 Å². The SMILES string of the molecule is CN=C(NCCCc1nc(C)cs1)NCc1ccc(C)cc1OCC1CC1. The van der Waals surface area contributed by atoms with Crippen molar-refractivity contribution in [2.75, 3.05) is 20.2 Å². The van der Waals surface area contributed by atoms with Gasteiger partial charge in [-0.1, -0.05) is 12.1 Å². The molecule has 6 heteroatoms. The van der Waals surface area contributed by atoms with Gasteiger partial charge in [0.25, 0.3) is 0 Å². The zero-order valence-electron chi connectivity index (χ0n) is 16.5. The van der Waals surface area contributed by atoms with E-state index in [4.69, 9.17) is 4.74 Å². The second kappa shape index (κ2) is 9.74. The second-order valence-electron chi connectivity index (χ2n) is 7.20. The summed E-state index contributed by atoms with van der Waals surface area (Å²) in [5.41, 5.74) is 3.50. The molecule has 2 aromatic rings. The van der Waals surface area contributed by atoms with Gasteiger partial charge in [-0.3, -0.25) is 4.99 Å². The molecular weight excluding hydrogens is 356 g/mol. The Bertz CT molecular complexity index is 767. The van der Waals surface area contributed by atoms with Crippen LogP contribution >= 0.6 is 11.3 Å². The summed E-state index contributed by atoms with van der Waals surface area (Å²) in [6.07, 6.45) is 4.64. The molecule has 1 saturated carbocycles. The van der Waals surface area contributed by atoms with Crippen LogP contribution in [0.5, 0.6) is 5.75 Å². The number of aromatic nitrogens is 1. The van der Waals surface area contributed by atoms with E-state index in [9.17, 15) is 0 Å². The molecule has 27 heavy (non-hydrogen) atoms. The van der Waals surface area contributed by atoms with Crippen LogP contribution in [0.3, 0.4) is 0 Å². The smallest absolute Gasteiger partial charge is 0.191 e. The zero-order chi connectivity index (χ0) is 19.1. The van der Waals surface area contributed by atoms with Crippen molar-refractivity contribution in [3.63, 3.8) is 0 Å². The van der Waals surface area contributed by atoms with Gasteiger partial charge in [-0.15, -0.1) is 11.3 Å². The number of guanidine groups is 1. The molecule has 0 spiro atoms. The van der Waals surface area contributed by atoms with E-state index in [2.05, 4.69) is 51.1 Å². The Morgan fingerprint density at radius 2 is 2.15 bits per heavy atom. The first kappa shape index (κ1) is 19.7. The summed E-state index contributed by atoms with van der Waals surface area (Å²) in [7, 11) is 1.80. The predicted molar refractivity (Wildman–Crippen MR) is 113 cm³/mol. The molecule has 1 heterocycles. The van der Waals surface area contributed by atoms with Crippen molar-refractivity contribution in [2.45, 2.75) is 46.1 Å². The largest absolute Gasteiger partial charge is 0.493 e. The van der Waals surface area contributed by atoms with E-state index in [0.29, 0.717) is 6.54 Å². The Morgan fingerprint density at radius 1 is 1.30 bits per heavy atom. The summed E-state index contributed by atoms with van der Waals surface area (Å²) >= 11 is 1.74. The number of aliphatic imine (C=N–C) groups is 1. The van der Waals surface area contributed by atoms with Gasteiger partial charge in [0.15, 0.2) is 5.96 Å². The summed E-state index contributed by atoms with van der Waals surface area (Å²) in [6.45, 7) is 6.55. The van der Waals surface area contributed by atoms with Crippen LogP contribution in [0.25, 0.3) is 0 Å². The van der Waals surface area contributed by atoms with E-state index >= 15 is 0 Å². The highest BCUT2D eigenvalue weighted by Gasteiger charge is 2.22. The predicted octanol–water partition coefficient (Wildman–Crippen LogP) is 3.85. The average molecular weight is 387 g/mol. The molecule has 146 valence electrons. The molecule has 1 fully saturated rings. The van der Waals surface area contributed by atoms with Crippen LogP contribution in [0.15, 0.2) is 28.6 Å². The Morgan fingerprint density at radius 3 is 2.85 bits per heavy atom. The molecule has 0 bridgehead atoms. The molecule has 0 amide bonds. The van der Waals surface area contributed by atoms with Crippen molar-refractivity contribution in [3.8, 4) is 5.75 Å². The number of hydrogen-bond donors (Lipinski definition) is 2. The van der Waals surface area contributed by atoms with E-state index in [1.54, 1.807) is 18.4 Å². The molecule has 0 atom stereocenters. The van der Waals surface area contributed by atoms with Gasteiger partial charge in [-0.2, -0.15) is 0 Å². The van der Waals surface area contributed by atoms with Crippen LogP contribution in [0.1, 0.15) is 41.1 Å². The molecule has 1 aliphatic rings. The quantitative estimate of drug-likeness (QED) is 0.390. The minimum atomic E-state index is 0.700. The first-order valence-corrected chi connectivity index (χ1v) is 10.6. The highest BCUT2D eigenvalue weighted by Crippen LogP contribution is 2.30. The van der Waals surface area contributed by atoms with Crippen LogP contribution in [-0.4, -0.2) is 31.1 Å². The fourth-order valence-corrected chi connectivity index (χ4v) is 3.62. The third kappa shape index (κ3) is 6.54. The number of benzene rings is 1. The van der Waals surface area contributed by atoms with Crippen LogP contribution < -0.4 is 15.4 Å². The maximum atomic E-state index is 6.05. The van der Waals surface area contributed by atoms with Crippen LogP contribution in [0.4, 0.5) is 0 Å². The lowest BCUT2D eigenvalue weighted by Gasteiger charge is -2.15. The highest BCUT2D eigenvalue weighted by molar-refractivity contribution is 7.09. The Kier molecular flexibility index (Phi) is 7.10. The third-order valence-corrected chi connectivity index (χ3v) is 5.62. The lowest BCUT2D eigenvalue weighted by Crippen LogP contribution is -2.37. The molecule has 5 nitrogen and oxygen atoms in total. The number of aryl methyl sites for hydroxylation is 3. The van der Waals surface area contributed by atoms with Gasteiger partial charge in [0.2, 0.25) is 0 Å². The molecule has 2 N–H and O–H groups in total. The van der Waals surface area contributed by atoms with Crippen molar-refractivity contribution >= 4 is 17.3 Å². The lowest BCUT2D eigenvalue weighted by atomic mass is 10.1. The molecule has 0 unspecified atom stereocenters. The van der Waals surface area contributed by atoms with Gasteiger partial charge in [0.1, 0.15) is 5.75 Å². The summed E-state index contributed by atoms with van der Waals surface area (Å²) in [5.74, 6) is 2.56. The van der Waals surface area contributed by atoms with Crippen molar-refractivity contribution in [1.29, 1.82) is 0 Å². The third-order valence-electron chi connectivity index (χ3n) is 4.59. The molecule has 1 aromatic heterocycles. The molecule has 3 rings (SSSR count). The second-order valence-corrected chi connectivity index (χ2v) is 8.15. The Labute approximate surface area is 166 Å². The maximum Gasteiger partial charge on any atom is 0.191 e. The van der Waals surface area contributed by atoms with Gasteiger partial charge in [0.05, 0.1) is 11.6 Å². The molecule has 0 saturated heterocycles. The van der Waals surface area contributed by atoms with Gasteiger partial charge < -0.3 is 15.4 Å².